The Balaban J connectivity index is -0.0000000351. The SMILES string of the molecule is C.O=S(=O)(O)O.O=S(=O)(O)O.O=S(=O)(O)O.O=S(=O)(O)O.O=S(=O)(O)O.O=S(=O)(O)O.O=S(=O)(O)O.O=S(=O)(O)O.O=S(=O)(O)O.O=S(=O)(O)O.O=S(=O)(O)O.O=S(=O)(O)O.O=S(=O)(O)O.O=S(=O)(O)O.O=S(=O)(O)O.O=S(=O)(O)O.O=S(=O)(O)O.O=S(=O)(O)O.O=S(=O)(O)O.O=S(=O)(O)O. The van der Waals surface area contributed by atoms with Crippen LogP contribution in [0.2, 0.25) is 0 Å². The van der Waals surface area contributed by atoms with E-state index in [2.05, 4.69) is 0 Å². The van der Waals surface area contributed by atoms with Crippen molar-refractivity contribution in [1.82, 2.24) is 0 Å². The summed E-state index contributed by atoms with van der Waals surface area (Å²) in [6.07, 6.45) is 0. The molecule has 0 atom stereocenters. The van der Waals surface area contributed by atoms with Crippen molar-refractivity contribution in [3.63, 3.8) is 0 Å². The van der Waals surface area contributed by atoms with Gasteiger partial charge in [0.2, 0.25) is 0 Å². The first-order valence-electron chi connectivity index (χ1n) is 14.0. The van der Waals surface area contributed by atoms with E-state index in [1.54, 1.807) is 0 Å². The van der Waals surface area contributed by atoms with E-state index in [1.807, 2.05) is 0 Å². The molecule has 0 unspecified atom stereocenters. The van der Waals surface area contributed by atoms with Crippen LogP contribution in [0.25, 0.3) is 0 Å². The Bertz CT molecular complexity index is 3040. The molecule has 0 aliphatic carbocycles. The molecule has 0 radical (unpaired) electrons. The Morgan fingerprint density at radius 2 is 0.0693 bits per heavy atom. The molecule has 0 aromatic heterocycles. The second-order valence-electron chi connectivity index (χ2n) is 8.96. The van der Waals surface area contributed by atoms with Crippen LogP contribution >= 0.6 is 0 Å². The molecule has 100 heteroatoms. The summed E-state index contributed by atoms with van der Waals surface area (Å²) in [5.74, 6) is 0. The van der Waals surface area contributed by atoms with Crippen LogP contribution in [0.1, 0.15) is 7.43 Å². The molecule has 0 spiro atoms. The van der Waals surface area contributed by atoms with Crippen LogP contribution in [0.15, 0.2) is 0 Å². The Morgan fingerprint density at radius 3 is 0.0693 bits per heavy atom. The van der Waals surface area contributed by atoms with Gasteiger partial charge >= 0.3 is 208 Å². The molecule has 648 valence electrons. The molecule has 0 amide bonds. The molecule has 0 fully saturated rings. The molecule has 0 aliphatic heterocycles. The predicted molar refractivity (Wildman–Crippen MR) is 290 cm³/mol. The summed E-state index contributed by atoms with van der Waals surface area (Å²) in [6, 6.07) is 0. The summed E-state index contributed by atoms with van der Waals surface area (Å²) >= 11 is 0. The second-order valence-corrected chi connectivity index (χ2v) is 26.9. The minimum Gasteiger partial charge on any atom is -0.264 e. The molecular weight excluding hydrogens is 1930 g/mol. The Kier molecular flexibility index (Phi) is 101. The van der Waals surface area contributed by atoms with Gasteiger partial charge in [0.05, 0.1) is 0 Å². The first-order valence-corrected chi connectivity index (χ1v) is 41.9. The van der Waals surface area contributed by atoms with E-state index in [1.165, 1.54) is 0 Å². The highest BCUT2D eigenvalue weighted by molar-refractivity contribution is 7.83. The number of hydrogen-bond donors (Lipinski definition) is 40. The lowest BCUT2D eigenvalue weighted by Crippen LogP contribution is -1.89. The summed E-state index contributed by atoms with van der Waals surface area (Å²) in [4.78, 5) is 0. The van der Waals surface area contributed by atoms with E-state index in [9.17, 15) is 0 Å². The van der Waals surface area contributed by atoms with Crippen molar-refractivity contribution in [2.75, 3.05) is 0 Å². The van der Waals surface area contributed by atoms with Crippen molar-refractivity contribution in [2.24, 2.45) is 0 Å². The number of hydrogen-bond acceptors (Lipinski definition) is 40. The van der Waals surface area contributed by atoms with Gasteiger partial charge in [-0.05, 0) is 0 Å². The standard InChI is InChI=1S/CH4.20H2O4S/c;20*1-5(2,3)4/h1H4;20*(H2,1,2,3,4). The van der Waals surface area contributed by atoms with Crippen LogP contribution in [0.3, 0.4) is 0 Å². The minimum atomic E-state index is -4.67. The van der Waals surface area contributed by atoms with Crippen molar-refractivity contribution in [3.05, 3.63) is 0 Å². The Labute approximate surface area is 561 Å². The maximum Gasteiger partial charge on any atom is 0.394 e. The van der Waals surface area contributed by atoms with Crippen molar-refractivity contribution >= 4 is 208 Å². The van der Waals surface area contributed by atoms with Crippen molar-refractivity contribution < 1.29 is 350 Å². The van der Waals surface area contributed by atoms with E-state index in [0.717, 1.165) is 0 Å². The zero-order valence-corrected chi connectivity index (χ0v) is 58.7. The predicted octanol–water partition coefficient (Wildman–Crippen LogP) is -12.4. The third kappa shape index (κ3) is 131000. The van der Waals surface area contributed by atoms with E-state index < -0.39 is 208 Å². The van der Waals surface area contributed by atoms with Crippen LogP contribution in [0.5, 0.6) is 0 Å². The lowest BCUT2D eigenvalue weighted by Gasteiger charge is -1.68. The van der Waals surface area contributed by atoms with Gasteiger partial charge in [0.1, 0.15) is 0 Å². The zero-order chi connectivity index (χ0) is 90.0. The van der Waals surface area contributed by atoms with Crippen LogP contribution in [-0.2, 0) is 208 Å². The monoisotopic (exact) mass is 1980 g/mol. The van der Waals surface area contributed by atoms with Gasteiger partial charge in [0.15, 0.2) is 0 Å². The van der Waals surface area contributed by atoms with Gasteiger partial charge in [-0.2, -0.15) is 168 Å². The molecule has 0 aliphatic rings. The van der Waals surface area contributed by atoms with Crippen LogP contribution in [-0.4, -0.2) is 350 Å². The summed E-state index contributed by atoms with van der Waals surface area (Å²) in [5, 5.41) is 0. The first-order chi connectivity index (χ1) is 40.0. The second kappa shape index (κ2) is 65.7. The van der Waals surface area contributed by atoms with Crippen molar-refractivity contribution in [2.45, 2.75) is 7.43 Å². The fourth-order valence-corrected chi connectivity index (χ4v) is 0. The molecule has 0 saturated heterocycles. The molecule has 0 aromatic carbocycles. The summed E-state index contributed by atoms with van der Waals surface area (Å²) < 4.78 is 632. The molecule has 101 heavy (non-hydrogen) atoms. The van der Waals surface area contributed by atoms with Gasteiger partial charge in [-0.15, -0.1) is 0 Å². The van der Waals surface area contributed by atoms with Gasteiger partial charge in [0.25, 0.3) is 0 Å². The van der Waals surface area contributed by atoms with Gasteiger partial charge in [-0.1, -0.05) is 7.43 Å². The molecule has 0 saturated carbocycles. The highest BCUT2D eigenvalue weighted by atomic mass is 32.3. The van der Waals surface area contributed by atoms with E-state index in [-0.39, 0.29) is 7.43 Å². The van der Waals surface area contributed by atoms with E-state index in [0.29, 0.717) is 0 Å². The molecule has 0 heterocycles. The molecule has 0 aromatic rings. The van der Waals surface area contributed by atoms with E-state index >= 15 is 0 Å². The van der Waals surface area contributed by atoms with Crippen molar-refractivity contribution in [3.8, 4) is 0 Å². The largest absolute Gasteiger partial charge is 0.394 e. The lowest BCUT2D eigenvalue weighted by molar-refractivity contribution is 0.378. The quantitative estimate of drug-likeness (QED) is 0.100. The average Bonchev–Trinajstić information content (AvgIpc) is 2.87. The van der Waals surface area contributed by atoms with E-state index in [4.69, 9.17) is 350 Å². The molecule has 0 bridgehead atoms. The van der Waals surface area contributed by atoms with Crippen LogP contribution < -0.4 is 0 Å². The fraction of sp³-hybridized carbons (Fsp3) is 1.00. The number of rotatable bonds is 0. The summed E-state index contributed by atoms with van der Waals surface area (Å²) in [6.45, 7) is 0. The fourth-order valence-electron chi connectivity index (χ4n) is 0. The van der Waals surface area contributed by atoms with Crippen LogP contribution in [0, 0.1) is 0 Å². The van der Waals surface area contributed by atoms with Gasteiger partial charge in [0, 0.05) is 0 Å². The highest BCUT2D eigenvalue weighted by Gasteiger charge is 1.92. The van der Waals surface area contributed by atoms with Gasteiger partial charge < -0.3 is 0 Å². The third-order valence-corrected chi connectivity index (χ3v) is 0. The first kappa shape index (κ1) is 156. The normalized spacial score (nSPS) is 11.5. The van der Waals surface area contributed by atoms with Crippen LogP contribution in [0.4, 0.5) is 0 Å². The minimum absolute atomic E-state index is 0. The van der Waals surface area contributed by atoms with Crippen molar-refractivity contribution in [1.29, 1.82) is 0 Å². The highest BCUT2D eigenvalue weighted by Crippen LogP contribution is 1.67. The summed E-state index contributed by atoms with van der Waals surface area (Å²) in [5.41, 5.74) is 0. The smallest absolute Gasteiger partial charge is 0.264 e. The molecule has 40 N–H and O–H groups in total. The summed E-state index contributed by atoms with van der Waals surface area (Å²) in [7, 11) is -93.3. The van der Waals surface area contributed by atoms with Gasteiger partial charge in [-0.25, -0.2) is 0 Å². The topological polar surface area (TPSA) is 1490 Å². The molecule has 80 nitrogen and oxygen atoms in total. The zero-order valence-electron chi connectivity index (χ0n) is 42.4. The average molecular weight is 1980 g/mol. The Hall–Kier alpha value is -2.60. The molecular formula is CH44O80S20. The lowest BCUT2D eigenvalue weighted by atomic mass is 12.0. The third-order valence-electron chi connectivity index (χ3n) is 0. The maximum absolute atomic E-state index is 8.74. The maximum atomic E-state index is 8.74. The van der Waals surface area contributed by atoms with Gasteiger partial charge in [-0.3, -0.25) is 182 Å². The Morgan fingerprint density at radius 1 is 0.0693 bits per heavy atom. The molecule has 0 rings (SSSR count).